The van der Waals surface area contributed by atoms with Crippen molar-refractivity contribution < 1.29 is 9.26 Å². The second-order valence-corrected chi connectivity index (χ2v) is 8.93. The summed E-state index contributed by atoms with van der Waals surface area (Å²) in [4.78, 5) is 11.7. The number of ether oxygens (including phenoxy) is 1. The van der Waals surface area contributed by atoms with Gasteiger partial charge in [-0.25, -0.2) is 9.67 Å². The van der Waals surface area contributed by atoms with Crippen LogP contribution in [-0.2, 0) is 13.0 Å². The minimum Gasteiger partial charge on any atom is -0.497 e. The molecule has 0 spiro atoms. The van der Waals surface area contributed by atoms with Gasteiger partial charge in [0.1, 0.15) is 17.8 Å². The molecule has 0 radical (unpaired) electrons. The largest absolute Gasteiger partial charge is 0.497 e. The lowest BCUT2D eigenvalue weighted by atomic mass is 10.1. The number of fused-ring (bicyclic) bond motifs is 5. The van der Waals surface area contributed by atoms with Gasteiger partial charge < -0.3 is 9.26 Å². The van der Waals surface area contributed by atoms with Crippen molar-refractivity contribution in [2.75, 3.05) is 20.2 Å². The monoisotopic (exact) mass is 446 g/mol. The first-order chi connectivity index (χ1) is 16.1. The van der Waals surface area contributed by atoms with Crippen LogP contribution in [0.4, 0.5) is 0 Å². The minimum absolute atomic E-state index is 0.176. The van der Waals surface area contributed by atoms with Crippen LogP contribution < -0.4 is 4.74 Å². The summed E-state index contributed by atoms with van der Waals surface area (Å²) in [6.07, 6.45) is 4.88. The van der Waals surface area contributed by atoms with Crippen LogP contribution >= 0.6 is 0 Å². The summed E-state index contributed by atoms with van der Waals surface area (Å²) in [5.41, 5.74) is 5.55. The van der Waals surface area contributed by atoms with Crippen LogP contribution in [0.5, 0.6) is 5.75 Å². The fourth-order valence-electron chi connectivity index (χ4n) is 4.64. The zero-order valence-electron chi connectivity index (χ0n) is 19.0. The maximum absolute atomic E-state index is 5.61. The quantitative estimate of drug-likeness (QED) is 0.406. The molecule has 0 amide bonds. The van der Waals surface area contributed by atoms with Gasteiger partial charge in [0.05, 0.1) is 29.9 Å². The Hall–Kier alpha value is -3.53. The highest BCUT2D eigenvalue weighted by Crippen LogP contribution is 2.35. The number of aromatic nitrogens is 7. The van der Waals surface area contributed by atoms with Gasteiger partial charge in [0.15, 0.2) is 11.5 Å². The van der Waals surface area contributed by atoms with Crippen molar-refractivity contribution in [3.05, 3.63) is 47.4 Å². The van der Waals surface area contributed by atoms with Crippen molar-refractivity contribution in [1.29, 1.82) is 0 Å². The Morgan fingerprint density at radius 2 is 1.97 bits per heavy atom. The van der Waals surface area contributed by atoms with Gasteiger partial charge in [0.2, 0.25) is 0 Å². The Balaban J connectivity index is 1.52. The lowest BCUT2D eigenvalue weighted by molar-refractivity contribution is 0.326. The van der Waals surface area contributed by atoms with Crippen LogP contribution in [0, 0.1) is 0 Å². The molecule has 0 atom stereocenters. The highest BCUT2D eigenvalue weighted by molar-refractivity contribution is 5.63. The summed E-state index contributed by atoms with van der Waals surface area (Å²) in [6, 6.07) is 5.96. The highest BCUT2D eigenvalue weighted by atomic mass is 16.5. The van der Waals surface area contributed by atoms with Crippen LogP contribution in [0.3, 0.4) is 0 Å². The van der Waals surface area contributed by atoms with E-state index in [1.165, 1.54) is 12.8 Å². The average Bonchev–Trinajstić information content (AvgIpc) is 3.61. The summed E-state index contributed by atoms with van der Waals surface area (Å²) in [5, 5.41) is 13.3. The first-order valence-electron chi connectivity index (χ1n) is 11.4. The van der Waals surface area contributed by atoms with Gasteiger partial charge in [-0.15, -0.1) is 5.10 Å². The van der Waals surface area contributed by atoms with Gasteiger partial charge in [-0.3, -0.25) is 9.47 Å². The van der Waals surface area contributed by atoms with Crippen molar-refractivity contribution in [3.8, 4) is 28.7 Å². The molecule has 0 N–H and O–H groups in total. The number of hydrogen-bond acceptors (Lipinski definition) is 8. The Labute approximate surface area is 191 Å². The molecular formula is C23H26N8O2. The van der Waals surface area contributed by atoms with E-state index in [9.17, 15) is 0 Å². The molecule has 3 aromatic heterocycles. The molecule has 0 unspecified atom stereocenters. The lowest BCUT2D eigenvalue weighted by Crippen LogP contribution is -2.19. The number of benzene rings is 1. The Morgan fingerprint density at radius 3 is 2.73 bits per heavy atom. The molecule has 0 aliphatic carbocycles. The van der Waals surface area contributed by atoms with E-state index in [0.717, 1.165) is 53.8 Å². The molecule has 0 saturated carbocycles. The van der Waals surface area contributed by atoms with E-state index >= 15 is 0 Å². The standard InChI is InChI=1S/C23H26N8O2/c1-14(2)22-25-23(33-27-22)21-20-11-18-16(12-29-8-4-5-9-29)26-28-31(18)19-10-15(32-3)6-7-17(19)30(20)13-24-21/h6-7,10,13-14H,4-5,8-9,11-12H2,1-3H3. The van der Waals surface area contributed by atoms with E-state index in [1.54, 1.807) is 7.11 Å². The summed E-state index contributed by atoms with van der Waals surface area (Å²) >= 11 is 0. The van der Waals surface area contributed by atoms with Gasteiger partial charge in [-0.1, -0.05) is 24.2 Å². The van der Waals surface area contributed by atoms with Crippen LogP contribution in [0.15, 0.2) is 29.0 Å². The molecule has 2 aliphatic rings. The number of rotatable bonds is 5. The first kappa shape index (κ1) is 20.1. The van der Waals surface area contributed by atoms with Crippen molar-refractivity contribution in [1.82, 2.24) is 39.6 Å². The summed E-state index contributed by atoms with van der Waals surface area (Å²) in [5.74, 6) is 2.05. The van der Waals surface area contributed by atoms with Crippen LogP contribution in [0.25, 0.3) is 23.0 Å². The van der Waals surface area contributed by atoms with E-state index in [0.29, 0.717) is 23.8 Å². The molecule has 10 heteroatoms. The average molecular weight is 447 g/mol. The number of hydrogen-bond donors (Lipinski definition) is 0. The fourth-order valence-corrected chi connectivity index (χ4v) is 4.64. The van der Waals surface area contributed by atoms with Gasteiger partial charge in [0, 0.05) is 24.9 Å². The van der Waals surface area contributed by atoms with Crippen LogP contribution in [0.1, 0.15) is 55.5 Å². The number of imidazole rings is 1. The third-order valence-corrected chi connectivity index (χ3v) is 6.45. The van der Waals surface area contributed by atoms with E-state index in [-0.39, 0.29) is 5.92 Å². The van der Waals surface area contributed by atoms with Gasteiger partial charge in [0.25, 0.3) is 5.89 Å². The molecule has 10 nitrogen and oxygen atoms in total. The molecular weight excluding hydrogens is 420 g/mol. The van der Waals surface area contributed by atoms with Crippen molar-refractivity contribution in [3.63, 3.8) is 0 Å². The second kappa shape index (κ2) is 7.80. The van der Waals surface area contributed by atoms with Crippen LogP contribution in [-0.4, -0.2) is 59.8 Å². The molecule has 6 rings (SSSR count). The van der Waals surface area contributed by atoms with Crippen molar-refractivity contribution in [2.24, 2.45) is 0 Å². The molecule has 1 saturated heterocycles. The summed E-state index contributed by atoms with van der Waals surface area (Å²) in [7, 11) is 1.67. The Morgan fingerprint density at radius 1 is 1.12 bits per heavy atom. The zero-order valence-corrected chi connectivity index (χ0v) is 19.0. The molecule has 1 fully saturated rings. The molecule has 5 heterocycles. The molecule has 4 aromatic rings. The van der Waals surface area contributed by atoms with Gasteiger partial charge in [-0.05, 0) is 38.1 Å². The molecule has 1 aromatic carbocycles. The SMILES string of the molecule is COc1ccc2c(c1)-n1nnc(CN3CCCC3)c1Cc1c(-c3nc(C(C)C)no3)ncn1-2. The fraction of sp³-hybridized carbons (Fsp3) is 0.435. The highest BCUT2D eigenvalue weighted by Gasteiger charge is 2.29. The van der Waals surface area contributed by atoms with Crippen molar-refractivity contribution >= 4 is 0 Å². The molecule has 170 valence electrons. The maximum atomic E-state index is 5.61. The number of likely N-dealkylation sites (tertiary alicyclic amines) is 1. The zero-order chi connectivity index (χ0) is 22.5. The topological polar surface area (TPSA) is 99.9 Å². The van der Waals surface area contributed by atoms with E-state index in [4.69, 9.17) is 9.26 Å². The summed E-state index contributed by atoms with van der Waals surface area (Å²) < 4.78 is 15.1. The summed E-state index contributed by atoms with van der Waals surface area (Å²) in [6.45, 7) is 7.07. The van der Waals surface area contributed by atoms with Gasteiger partial charge in [-0.2, -0.15) is 4.98 Å². The number of nitrogens with zero attached hydrogens (tertiary/aromatic N) is 8. The van der Waals surface area contributed by atoms with E-state index < -0.39 is 0 Å². The predicted molar refractivity (Wildman–Crippen MR) is 120 cm³/mol. The number of methoxy groups -OCH3 is 1. The van der Waals surface area contributed by atoms with Crippen LogP contribution in [0.2, 0.25) is 0 Å². The molecule has 33 heavy (non-hydrogen) atoms. The minimum atomic E-state index is 0.176. The third-order valence-electron chi connectivity index (χ3n) is 6.45. The molecule has 0 bridgehead atoms. The van der Waals surface area contributed by atoms with Crippen molar-refractivity contribution in [2.45, 2.75) is 45.6 Å². The third kappa shape index (κ3) is 3.32. The molecule has 2 aliphatic heterocycles. The Bertz CT molecular complexity index is 1310. The lowest BCUT2D eigenvalue weighted by Gasteiger charge is -2.13. The Kier molecular flexibility index (Phi) is 4.75. The normalized spacial score (nSPS) is 15.4. The smallest absolute Gasteiger partial charge is 0.278 e. The van der Waals surface area contributed by atoms with E-state index in [2.05, 4.69) is 34.9 Å². The predicted octanol–water partition coefficient (Wildman–Crippen LogP) is 3.14. The maximum Gasteiger partial charge on any atom is 0.278 e. The van der Waals surface area contributed by atoms with Gasteiger partial charge >= 0.3 is 0 Å². The second-order valence-electron chi connectivity index (χ2n) is 8.93. The van der Waals surface area contributed by atoms with E-state index in [1.807, 2.05) is 43.1 Å². The first-order valence-corrected chi connectivity index (χ1v) is 11.4.